The van der Waals surface area contributed by atoms with Gasteiger partial charge in [-0.05, 0) is 48.5 Å². The molecule has 4 rings (SSSR count). The topological polar surface area (TPSA) is 59.8 Å². The molecule has 0 saturated heterocycles. The average Bonchev–Trinajstić information content (AvgIpc) is 3.13. The van der Waals surface area contributed by atoms with E-state index in [-0.39, 0.29) is 11.7 Å². The lowest BCUT2D eigenvalue weighted by Gasteiger charge is -2.08. The molecule has 0 aliphatic heterocycles. The molecule has 1 N–H and O–H groups in total. The number of rotatable bonds is 4. The van der Waals surface area contributed by atoms with Crippen molar-refractivity contribution in [2.75, 3.05) is 5.32 Å². The van der Waals surface area contributed by atoms with Gasteiger partial charge in [0.15, 0.2) is 0 Å². The number of benzene rings is 2. The summed E-state index contributed by atoms with van der Waals surface area (Å²) in [5.41, 5.74) is 2.77. The maximum absolute atomic E-state index is 13.1. The van der Waals surface area contributed by atoms with Crippen molar-refractivity contribution in [3.63, 3.8) is 0 Å². The summed E-state index contributed by atoms with van der Waals surface area (Å²) in [6, 6.07) is 20.4. The summed E-state index contributed by atoms with van der Waals surface area (Å²) in [6.07, 6.45) is 3.38. The number of aromatic nitrogens is 3. The highest BCUT2D eigenvalue weighted by atomic mass is 19.1. The molecule has 5 nitrogen and oxygen atoms in total. The van der Waals surface area contributed by atoms with Crippen molar-refractivity contribution in [1.82, 2.24) is 14.8 Å². The summed E-state index contributed by atoms with van der Waals surface area (Å²) < 4.78 is 14.8. The summed E-state index contributed by atoms with van der Waals surface area (Å²) in [5, 5.41) is 7.48. The monoisotopic (exact) mass is 358 g/mol. The van der Waals surface area contributed by atoms with Crippen molar-refractivity contribution < 1.29 is 9.18 Å². The van der Waals surface area contributed by atoms with Crippen LogP contribution >= 0.6 is 0 Å². The normalized spacial score (nSPS) is 10.6. The van der Waals surface area contributed by atoms with Crippen LogP contribution in [-0.2, 0) is 0 Å². The number of carbonyl (C=O) groups is 1. The second-order valence-corrected chi connectivity index (χ2v) is 5.86. The van der Waals surface area contributed by atoms with Gasteiger partial charge in [-0.25, -0.2) is 9.07 Å². The van der Waals surface area contributed by atoms with Crippen molar-refractivity contribution in [1.29, 1.82) is 0 Å². The highest BCUT2D eigenvalue weighted by Crippen LogP contribution is 2.24. The molecule has 0 unspecified atom stereocenters. The van der Waals surface area contributed by atoms with E-state index in [1.54, 1.807) is 23.1 Å². The highest BCUT2D eigenvalue weighted by Gasteiger charge is 2.14. The first-order valence-electron chi connectivity index (χ1n) is 8.33. The molecular weight excluding hydrogens is 343 g/mol. The minimum absolute atomic E-state index is 0.339. The Bertz CT molecular complexity index is 1060. The Kier molecular flexibility index (Phi) is 4.45. The number of pyridine rings is 1. The second-order valence-electron chi connectivity index (χ2n) is 5.86. The van der Waals surface area contributed by atoms with Crippen molar-refractivity contribution in [3.8, 4) is 16.9 Å². The van der Waals surface area contributed by atoms with Gasteiger partial charge in [0.1, 0.15) is 11.6 Å². The van der Waals surface area contributed by atoms with Crippen LogP contribution in [0.2, 0.25) is 0 Å². The number of anilines is 1. The average molecular weight is 358 g/mol. The zero-order valence-corrected chi connectivity index (χ0v) is 14.2. The number of hydrogen-bond donors (Lipinski definition) is 1. The fourth-order valence-electron chi connectivity index (χ4n) is 2.69. The van der Waals surface area contributed by atoms with Crippen LogP contribution in [0.3, 0.4) is 0 Å². The third kappa shape index (κ3) is 3.59. The summed E-state index contributed by atoms with van der Waals surface area (Å²) in [5.74, 6) is -0.212. The number of hydrogen-bond acceptors (Lipinski definition) is 3. The number of halogens is 1. The lowest BCUT2D eigenvalue weighted by molar-refractivity contribution is 0.102. The van der Waals surface area contributed by atoms with Crippen LogP contribution in [0.1, 0.15) is 10.4 Å². The molecular formula is C21H15FN4O. The fraction of sp³-hybridized carbons (Fsp3) is 0. The molecule has 2 aromatic carbocycles. The Morgan fingerprint density at radius 2 is 1.63 bits per heavy atom. The lowest BCUT2D eigenvalue weighted by Crippen LogP contribution is -2.15. The molecule has 0 spiro atoms. The van der Waals surface area contributed by atoms with E-state index in [1.807, 2.05) is 42.5 Å². The molecule has 0 saturated carbocycles. The first kappa shape index (κ1) is 16.7. The van der Waals surface area contributed by atoms with Crippen molar-refractivity contribution in [3.05, 3.63) is 96.6 Å². The number of nitrogens with zero attached hydrogens (tertiary/aromatic N) is 3. The largest absolute Gasteiger partial charge is 0.306 e. The molecule has 2 heterocycles. The molecule has 4 aromatic rings. The molecule has 0 radical (unpaired) electrons. The van der Waals surface area contributed by atoms with E-state index in [9.17, 15) is 9.18 Å². The van der Waals surface area contributed by atoms with E-state index >= 15 is 0 Å². The highest BCUT2D eigenvalue weighted by molar-refractivity contribution is 6.04. The maximum atomic E-state index is 13.1. The van der Waals surface area contributed by atoms with Crippen molar-refractivity contribution >= 4 is 11.7 Å². The predicted octanol–water partition coefficient (Wildman–Crippen LogP) is 4.33. The summed E-state index contributed by atoms with van der Waals surface area (Å²) in [7, 11) is 0. The Morgan fingerprint density at radius 3 is 2.33 bits per heavy atom. The third-order valence-electron chi connectivity index (χ3n) is 4.03. The SMILES string of the molecule is O=C(Nc1cc(-c2ccncc2)nn1-c1ccccc1)c1ccc(F)cc1. The van der Waals surface area contributed by atoms with Crippen LogP contribution in [0.5, 0.6) is 0 Å². The summed E-state index contributed by atoms with van der Waals surface area (Å²) >= 11 is 0. The van der Waals surface area contributed by atoms with Crippen LogP contribution < -0.4 is 5.32 Å². The van der Waals surface area contributed by atoms with E-state index in [1.165, 1.54) is 24.3 Å². The molecule has 0 fully saturated rings. The van der Waals surface area contributed by atoms with Gasteiger partial charge in [-0.1, -0.05) is 18.2 Å². The van der Waals surface area contributed by atoms with Gasteiger partial charge in [0.05, 0.1) is 11.4 Å². The Labute approximate surface area is 155 Å². The van der Waals surface area contributed by atoms with Crippen LogP contribution in [-0.4, -0.2) is 20.7 Å². The number of amides is 1. The Balaban J connectivity index is 1.73. The first-order chi connectivity index (χ1) is 13.2. The Morgan fingerprint density at radius 1 is 0.926 bits per heavy atom. The first-order valence-corrected chi connectivity index (χ1v) is 8.33. The quantitative estimate of drug-likeness (QED) is 0.591. The molecule has 2 aromatic heterocycles. The molecule has 132 valence electrons. The molecule has 0 atom stereocenters. The lowest BCUT2D eigenvalue weighted by atomic mass is 10.2. The molecule has 27 heavy (non-hydrogen) atoms. The smallest absolute Gasteiger partial charge is 0.256 e. The van der Waals surface area contributed by atoms with E-state index in [0.717, 1.165) is 11.3 Å². The van der Waals surface area contributed by atoms with Crippen LogP contribution in [0.25, 0.3) is 16.9 Å². The molecule has 0 aliphatic carbocycles. The minimum atomic E-state index is -0.388. The maximum Gasteiger partial charge on any atom is 0.256 e. The number of carbonyl (C=O) groups excluding carboxylic acids is 1. The van der Waals surface area contributed by atoms with Gasteiger partial charge in [-0.3, -0.25) is 9.78 Å². The molecule has 0 aliphatic rings. The van der Waals surface area contributed by atoms with E-state index < -0.39 is 0 Å². The zero-order valence-electron chi connectivity index (χ0n) is 14.2. The molecule has 6 heteroatoms. The molecule has 0 bridgehead atoms. The summed E-state index contributed by atoms with van der Waals surface area (Å²) in [4.78, 5) is 16.6. The van der Waals surface area contributed by atoms with Gasteiger partial charge >= 0.3 is 0 Å². The van der Waals surface area contributed by atoms with Gasteiger partial charge < -0.3 is 5.32 Å². The second kappa shape index (κ2) is 7.21. The fourth-order valence-corrected chi connectivity index (χ4v) is 2.69. The van der Waals surface area contributed by atoms with Gasteiger partial charge in [0, 0.05) is 29.6 Å². The van der Waals surface area contributed by atoms with Gasteiger partial charge in [0.25, 0.3) is 5.91 Å². The van der Waals surface area contributed by atoms with Crippen molar-refractivity contribution in [2.24, 2.45) is 0 Å². The molecule has 1 amide bonds. The van der Waals surface area contributed by atoms with Gasteiger partial charge in [-0.2, -0.15) is 5.10 Å². The van der Waals surface area contributed by atoms with E-state index in [2.05, 4.69) is 15.4 Å². The predicted molar refractivity (Wildman–Crippen MR) is 101 cm³/mol. The number of nitrogens with one attached hydrogen (secondary N) is 1. The minimum Gasteiger partial charge on any atom is -0.306 e. The third-order valence-corrected chi connectivity index (χ3v) is 4.03. The van der Waals surface area contributed by atoms with Gasteiger partial charge in [0.2, 0.25) is 0 Å². The Hall–Kier alpha value is -3.80. The van der Waals surface area contributed by atoms with Crippen LogP contribution in [0, 0.1) is 5.82 Å². The number of para-hydroxylation sites is 1. The van der Waals surface area contributed by atoms with E-state index in [0.29, 0.717) is 17.1 Å². The standard InChI is InChI=1S/C21H15FN4O/c22-17-8-6-16(7-9-17)21(27)24-20-14-19(15-10-12-23-13-11-15)25-26(20)18-4-2-1-3-5-18/h1-14H,(H,24,27). The van der Waals surface area contributed by atoms with E-state index in [4.69, 9.17) is 0 Å². The summed E-state index contributed by atoms with van der Waals surface area (Å²) in [6.45, 7) is 0. The van der Waals surface area contributed by atoms with Crippen LogP contribution in [0.4, 0.5) is 10.2 Å². The van der Waals surface area contributed by atoms with Crippen LogP contribution in [0.15, 0.2) is 85.2 Å². The van der Waals surface area contributed by atoms with Crippen molar-refractivity contribution in [2.45, 2.75) is 0 Å². The van der Waals surface area contributed by atoms with Gasteiger partial charge in [-0.15, -0.1) is 0 Å². The zero-order chi connectivity index (χ0) is 18.6.